The molecule has 0 aromatic heterocycles. The lowest BCUT2D eigenvalue weighted by Gasteiger charge is -2.16. The molecule has 8 heteroatoms. The van der Waals surface area contributed by atoms with Crippen LogP contribution >= 0.6 is 0 Å². The lowest BCUT2D eigenvalue weighted by molar-refractivity contribution is -0.148. The van der Waals surface area contributed by atoms with Gasteiger partial charge in [0.05, 0.1) is 17.9 Å². The van der Waals surface area contributed by atoms with E-state index in [0.717, 1.165) is 31.2 Å². The molecule has 7 nitrogen and oxygen atoms in total. The molecule has 26 heavy (non-hydrogen) atoms. The number of sulfonamides is 1. The summed E-state index contributed by atoms with van der Waals surface area (Å²) in [7, 11) is -3.69. The molecule has 1 aliphatic rings. The van der Waals surface area contributed by atoms with E-state index >= 15 is 0 Å². The molecule has 0 bridgehead atoms. The Morgan fingerprint density at radius 2 is 1.92 bits per heavy atom. The van der Waals surface area contributed by atoms with Gasteiger partial charge in [0.15, 0.2) is 6.61 Å². The first-order chi connectivity index (χ1) is 12.4. The summed E-state index contributed by atoms with van der Waals surface area (Å²) in [4.78, 5) is 23.0. The fraction of sp³-hybridized carbons (Fsp3) is 0.444. The molecule has 2 rings (SSSR count). The highest BCUT2D eigenvalue weighted by Crippen LogP contribution is 2.23. The van der Waals surface area contributed by atoms with Crippen molar-refractivity contribution >= 4 is 21.9 Å². The molecule has 1 aliphatic carbocycles. The minimum atomic E-state index is -3.69. The van der Waals surface area contributed by atoms with Crippen LogP contribution in [-0.2, 0) is 37.2 Å². The van der Waals surface area contributed by atoms with Crippen molar-refractivity contribution in [3.8, 4) is 12.3 Å². The van der Waals surface area contributed by atoms with E-state index in [2.05, 4.69) is 16.0 Å². The van der Waals surface area contributed by atoms with Gasteiger partial charge in [-0.05, 0) is 48.9 Å². The summed E-state index contributed by atoms with van der Waals surface area (Å²) < 4.78 is 31.8. The van der Waals surface area contributed by atoms with Crippen molar-refractivity contribution in [2.75, 3.05) is 19.7 Å². The first kappa shape index (κ1) is 19.9. The van der Waals surface area contributed by atoms with Crippen LogP contribution in [0.4, 0.5) is 0 Å². The van der Waals surface area contributed by atoms with E-state index in [1.54, 1.807) is 12.1 Å². The predicted molar refractivity (Wildman–Crippen MR) is 95.7 cm³/mol. The van der Waals surface area contributed by atoms with Crippen LogP contribution < -0.4 is 10.0 Å². The maximum Gasteiger partial charge on any atom is 0.307 e. The molecule has 0 atom stereocenters. The molecule has 0 radical (unpaired) electrons. The van der Waals surface area contributed by atoms with Crippen molar-refractivity contribution in [2.24, 2.45) is 0 Å². The maximum absolute atomic E-state index is 12.3. The van der Waals surface area contributed by atoms with Crippen LogP contribution in [0.2, 0.25) is 0 Å². The number of aryl methyl sites for hydroxylation is 2. The second-order valence-electron chi connectivity index (χ2n) is 5.93. The highest BCUT2D eigenvalue weighted by molar-refractivity contribution is 7.89. The molecular formula is C18H22N2O5S. The molecule has 0 aliphatic heterocycles. The predicted octanol–water partition coefficient (Wildman–Crippen LogP) is 0.526. The molecule has 0 heterocycles. The van der Waals surface area contributed by atoms with Crippen LogP contribution in [0.3, 0.4) is 0 Å². The maximum atomic E-state index is 12.3. The van der Waals surface area contributed by atoms with E-state index in [1.807, 2.05) is 6.07 Å². The molecule has 0 spiro atoms. The summed E-state index contributed by atoms with van der Waals surface area (Å²) in [5, 5.41) is 2.35. The van der Waals surface area contributed by atoms with Gasteiger partial charge in [0, 0.05) is 6.54 Å². The fourth-order valence-electron chi connectivity index (χ4n) is 2.67. The first-order valence-corrected chi connectivity index (χ1v) is 9.88. The number of terminal acetylenes is 1. The molecule has 0 saturated heterocycles. The van der Waals surface area contributed by atoms with E-state index in [9.17, 15) is 18.0 Å². The highest BCUT2D eigenvalue weighted by atomic mass is 32.2. The van der Waals surface area contributed by atoms with E-state index in [0.29, 0.717) is 0 Å². The van der Waals surface area contributed by atoms with Gasteiger partial charge in [-0.25, -0.2) is 13.1 Å². The second kappa shape index (κ2) is 9.36. The molecule has 1 aromatic rings. The summed E-state index contributed by atoms with van der Waals surface area (Å²) in [6.45, 7) is -0.501. The van der Waals surface area contributed by atoms with Crippen molar-refractivity contribution in [3.63, 3.8) is 0 Å². The highest BCUT2D eigenvalue weighted by Gasteiger charge is 2.18. The first-order valence-electron chi connectivity index (χ1n) is 8.39. The van der Waals surface area contributed by atoms with Gasteiger partial charge in [-0.15, -0.1) is 6.42 Å². The standard InChI is InChI=1S/C18H22N2O5S/c1-2-10-19-17(21)13-25-18(22)9-11-20-26(23,24)16-8-7-14-5-3-4-6-15(14)12-16/h1,7-8,12,20H,3-6,9-11,13H2,(H,19,21). The molecular weight excluding hydrogens is 356 g/mol. The topological polar surface area (TPSA) is 102 Å². The average molecular weight is 378 g/mol. The number of carbonyl (C=O) groups is 2. The third-order valence-electron chi connectivity index (χ3n) is 4.00. The van der Waals surface area contributed by atoms with Gasteiger partial charge in [-0.2, -0.15) is 0 Å². The fourth-order valence-corrected chi connectivity index (χ4v) is 3.75. The summed E-state index contributed by atoms with van der Waals surface area (Å²) in [5.74, 6) is 1.04. The smallest absolute Gasteiger partial charge is 0.307 e. The minimum absolute atomic E-state index is 0.0525. The number of carbonyl (C=O) groups excluding carboxylic acids is 2. The molecule has 1 aromatic carbocycles. The van der Waals surface area contributed by atoms with Gasteiger partial charge in [0.1, 0.15) is 0 Å². The lowest BCUT2D eigenvalue weighted by atomic mass is 9.92. The molecule has 1 amide bonds. The zero-order chi connectivity index (χ0) is 19.0. The molecule has 0 unspecified atom stereocenters. The Morgan fingerprint density at radius 3 is 2.65 bits per heavy atom. The number of hydrogen-bond acceptors (Lipinski definition) is 5. The Morgan fingerprint density at radius 1 is 1.19 bits per heavy atom. The number of benzene rings is 1. The van der Waals surface area contributed by atoms with Crippen LogP contribution in [0.25, 0.3) is 0 Å². The van der Waals surface area contributed by atoms with E-state index in [-0.39, 0.29) is 24.4 Å². The quantitative estimate of drug-likeness (QED) is 0.507. The van der Waals surface area contributed by atoms with E-state index < -0.39 is 28.5 Å². The van der Waals surface area contributed by atoms with Crippen LogP contribution in [0.1, 0.15) is 30.4 Å². The van der Waals surface area contributed by atoms with E-state index in [1.165, 1.54) is 5.56 Å². The van der Waals surface area contributed by atoms with Crippen LogP contribution in [0, 0.1) is 12.3 Å². The summed E-state index contributed by atoms with van der Waals surface area (Å²) >= 11 is 0. The van der Waals surface area contributed by atoms with E-state index in [4.69, 9.17) is 11.2 Å². The number of rotatable bonds is 8. The van der Waals surface area contributed by atoms with Gasteiger partial charge >= 0.3 is 5.97 Å². The normalized spacial score (nSPS) is 13.3. The van der Waals surface area contributed by atoms with Gasteiger partial charge in [-0.1, -0.05) is 12.0 Å². The Bertz CT molecular complexity index is 811. The number of amides is 1. The molecule has 2 N–H and O–H groups in total. The van der Waals surface area contributed by atoms with Crippen LogP contribution in [0.15, 0.2) is 23.1 Å². The van der Waals surface area contributed by atoms with Crippen molar-refractivity contribution in [1.82, 2.24) is 10.0 Å². The SMILES string of the molecule is C#CCNC(=O)COC(=O)CCNS(=O)(=O)c1ccc2c(c1)CCCC2. The number of fused-ring (bicyclic) bond motifs is 1. The number of nitrogens with one attached hydrogen (secondary N) is 2. The lowest BCUT2D eigenvalue weighted by Crippen LogP contribution is -2.30. The zero-order valence-corrected chi connectivity index (χ0v) is 15.2. The Balaban J connectivity index is 1.80. The third kappa shape index (κ3) is 5.86. The van der Waals surface area contributed by atoms with Crippen molar-refractivity contribution in [1.29, 1.82) is 0 Å². The largest absolute Gasteiger partial charge is 0.456 e. The van der Waals surface area contributed by atoms with Gasteiger partial charge < -0.3 is 10.1 Å². The van der Waals surface area contributed by atoms with Crippen LogP contribution in [-0.4, -0.2) is 40.0 Å². The monoisotopic (exact) mass is 378 g/mol. The van der Waals surface area contributed by atoms with Gasteiger partial charge in [0.25, 0.3) is 5.91 Å². The van der Waals surface area contributed by atoms with Crippen LogP contribution in [0.5, 0.6) is 0 Å². The van der Waals surface area contributed by atoms with Gasteiger partial charge in [-0.3, -0.25) is 9.59 Å². The Hall–Kier alpha value is -2.37. The molecule has 0 saturated carbocycles. The Labute approximate surface area is 153 Å². The van der Waals surface area contributed by atoms with Crippen molar-refractivity contribution in [3.05, 3.63) is 29.3 Å². The number of hydrogen-bond donors (Lipinski definition) is 2. The van der Waals surface area contributed by atoms with Gasteiger partial charge in [0.2, 0.25) is 10.0 Å². The second-order valence-corrected chi connectivity index (χ2v) is 7.69. The number of esters is 1. The Kier molecular flexibility index (Phi) is 7.18. The zero-order valence-electron chi connectivity index (χ0n) is 14.4. The minimum Gasteiger partial charge on any atom is -0.456 e. The summed E-state index contributed by atoms with van der Waals surface area (Å²) in [5.41, 5.74) is 2.26. The van der Waals surface area contributed by atoms with Crippen molar-refractivity contribution in [2.45, 2.75) is 37.0 Å². The molecule has 0 fully saturated rings. The molecule has 140 valence electrons. The third-order valence-corrected chi connectivity index (χ3v) is 5.46. The average Bonchev–Trinajstić information content (AvgIpc) is 2.64. The number of ether oxygens (including phenoxy) is 1. The summed E-state index contributed by atoms with van der Waals surface area (Å²) in [6, 6.07) is 5.14. The summed E-state index contributed by atoms with van der Waals surface area (Å²) in [6.07, 6.45) is 8.86. The van der Waals surface area contributed by atoms with Crippen molar-refractivity contribution < 1.29 is 22.7 Å².